The van der Waals surface area contributed by atoms with Crippen molar-refractivity contribution in [3.8, 4) is 0 Å². The molecule has 2 atom stereocenters. The number of carbonyl (C=O) groups excluding carboxylic acids is 1. The molecule has 1 aromatic rings. The van der Waals surface area contributed by atoms with Crippen molar-refractivity contribution in [2.24, 2.45) is 11.1 Å². The van der Waals surface area contributed by atoms with Crippen LogP contribution in [0.2, 0.25) is 0 Å². The van der Waals surface area contributed by atoms with Gasteiger partial charge in [0.05, 0.1) is 4.90 Å². The van der Waals surface area contributed by atoms with Crippen LogP contribution in [-0.2, 0) is 10.0 Å². The fourth-order valence-electron chi connectivity index (χ4n) is 2.58. The lowest BCUT2D eigenvalue weighted by Crippen LogP contribution is -2.41. The predicted molar refractivity (Wildman–Crippen MR) is 76.7 cm³/mol. The van der Waals surface area contributed by atoms with Crippen molar-refractivity contribution in [3.05, 3.63) is 29.8 Å². The van der Waals surface area contributed by atoms with Crippen molar-refractivity contribution >= 4 is 15.9 Å². The molecular weight excluding hydrogens is 276 g/mol. The highest BCUT2D eigenvalue weighted by Gasteiger charge is 2.23. The first-order valence-corrected chi connectivity index (χ1v) is 8.36. The molecule has 1 saturated carbocycles. The highest BCUT2D eigenvalue weighted by atomic mass is 32.2. The molecule has 3 N–H and O–H groups in total. The molecule has 0 aromatic heterocycles. The van der Waals surface area contributed by atoms with Crippen molar-refractivity contribution in [1.82, 2.24) is 5.32 Å². The van der Waals surface area contributed by atoms with Gasteiger partial charge in [-0.15, -0.1) is 0 Å². The predicted octanol–water partition coefficient (Wildman–Crippen LogP) is 1.64. The van der Waals surface area contributed by atoms with E-state index in [2.05, 4.69) is 12.2 Å². The molecule has 1 amide bonds. The fraction of sp³-hybridized carbons (Fsp3) is 0.500. The van der Waals surface area contributed by atoms with Gasteiger partial charge in [-0.25, -0.2) is 13.6 Å². The quantitative estimate of drug-likeness (QED) is 0.888. The average Bonchev–Trinajstić information content (AvgIpc) is 2.40. The van der Waals surface area contributed by atoms with Gasteiger partial charge in [-0.2, -0.15) is 0 Å². The Bertz CT molecular complexity index is 581. The molecule has 1 aliphatic rings. The number of hydrogen-bond donors (Lipinski definition) is 2. The number of nitrogens with one attached hydrogen (secondary N) is 1. The molecule has 20 heavy (non-hydrogen) atoms. The maximum Gasteiger partial charge on any atom is 0.251 e. The van der Waals surface area contributed by atoms with Crippen molar-refractivity contribution in [3.63, 3.8) is 0 Å². The molecule has 2 rings (SSSR count). The van der Waals surface area contributed by atoms with E-state index in [0.29, 0.717) is 11.5 Å². The second-order valence-electron chi connectivity index (χ2n) is 5.41. The van der Waals surface area contributed by atoms with Crippen LogP contribution in [0, 0.1) is 5.92 Å². The third-order valence-electron chi connectivity index (χ3n) is 3.87. The largest absolute Gasteiger partial charge is 0.349 e. The van der Waals surface area contributed by atoms with Crippen LogP contribution >= 0.6 is 0 Å². The molecule has 1 aromatic carbocycles. The van der Waals surface area contributed by atoms with E-state index in [4.69, 9.17) is 5.14 Å². The lowest BCUT2D eigenvalue weighted by molar-refractivity contribution is 0.0910. The lowest BCUT2D eigenvalue weighted by atomic mass is 9.86. The van der Waals surface area contributed by atoms with Crippen LogP contribution in [-0.4, -0.2) is 20.4 Å². The zero-order chi connectivity index (χ0) is 14.8. The van der Waals surface area contributed by atoms with Crippen LogP contribution in [0.5, 0.6) is 0 Å². The summed E-state index contributed by atoms with van der Waals surface area (Å²) in [6, 6.07) is 5.89. The number of sulfonamides is 1. The van der Waals surface area contributed by atoms with Gasteiger partial charge >= 0.3 is 0 Å². The first kappa shape index (κ1) is 15.0. The Balaban J connectivity index is 2.06. The number of carbonyl (C=O) groups is 1. The molecule has 0 saturated heterocycles. The fourth-order valence-corrected chi connectivity index (χ4v) is 3.09. The normalized spacial score (nSPS) is 23.3. The van der Waals surface area contributed by atoms with Gasteiger partial charge in [0.15, 0.2) is 0 Å². The van der Waals surface area contributed by atoms with Crippen molar-refractivity contribution in [2.45, 2.75) is 43.5 Å². The summed E-state index contributed by atoms with van der Waals surface area (Å²) in [5, 5.41) is 8.05. The van der Waals surface area contributed by atoms with Crippen molar-refractivity contribution < 1.29 is 13.2 Å². The number of benzene rings is 1. The van der Waals surface area contributed by atoms with E-state index < -0.39 is 10.0 Å². The van der Waals surface area contributed by atoms with Crippen LogP contribution in [0.4, 0.5) is 0 Å². The summed E-state index contributed by atoms with van der Waals surface area (Å²) in [4.78, 5) is 12.1. The third-order valence-corrected chi connectivity index (χ3v) is 4.80. The highest BCUT2D eigenvalue weighted by Crippen LogP contribution is 2.24. The monoisotopic (exact) mass is 296 g/mol. The van der Waals surface area contributed by atoms with Gasteiger partial charge < -0.3 is 5.32 Å². The van der Waals surface area contributed by atoms with E-state index in [1.54, 1.807) is 0 Å². The second-order valence-corrected chi connectivity index (χ2v) is 6.97. The van der Waals surface area contributed by atoms with E-state index in [0.717, 1.165) is 19.3 Å². The SMILES string of the molecule is C[C@H]1CCCC[C@@H]1NC(=O)c1ccc(S(N)(=O)=O)cc1. The summed E-state index contributed by atoms with van der Waals surface area (Å²) in [6.45, 7) is 2.15. The summed E-state index contributed by atoms with van der Waals surface area (Å²) in [6.07, 6.45) is 4.49. The molecule has 0 aliphatic heterocycles. The molecule has 1 aliphatic carbocycles. The zero-order valence-corrected chi connectivity index (χ0v) is 12.3. The molecule has 0 heterocycles. The maximum absolute atomic E-state index is 12.1. The number of nitrogens with two attached hydrogens (primary N) is 1. The Hall–Kier alpha value is -1.40. The van der Waals surface area contributed by atoms with Crippen LogP contribution in [0.25, 0.3) is 0 Å². The van der Waals surface area contributed by atoms with E-state index >= 15 is 0 Å². The molecular formula is C14H20N2O3S. The molecule has 1 fully saturated rings. The molecule has 0 spiro atoms. The van der Waals surface area contributed by atoms with E-state index in [1.807, 2.05) is 0 Å². The second kappa shape index (κ2) is 5.93. The van der Waals surface area contributed by atoms with Gasteiger partial charge in [0, 0.05) is 11.6 Å². The highest BCUT2D eigenvalue weighted by molar-refractivity contribution is 7.89. The molecule has 110 valence electrons. The van der Waals surface area contributed by atoms with Gasteiger partial charge in [0.1, 0.15) is 0 Å². The number of primary sulfonamides is 1. The molecule has 6 heteroatoms. The van der Waals surface area contributed by atoms with Crippen LogP contribution in [0.3, 0.4) is 0 Å². The first-order chi connectivity index (χ1) is 9.38. The van der Waals surface area contributed by atoms with Crippen molar-refractivity contribution in [2.75, 3.05) is 0 Å². The topological polar surface area (TPSA) is 89.3 Å². The Kier molecular flexibility index (Phi) is 4.45. The average molecular weight is 296 g/mol. The van der Waals surface area contributed by atoms with E-state index in [1.165, 1.54) is 30.7 Å². The Morgan fingerprint density at radius 3 is 2.35 bits per heavy atom. The third kappa shape index (κ3) is 3.58. The Morgan fingerprint density at radius 2 is 1.80 bits per heavy atom. The van der Waals surface area contributed by atoms with Gasteiger partial charge in [-0.3, -0.25) is 4.79 Å². The Morgan fingerprint density at radius 1 is 1.20 bits per heavy atom. The molecule has 0 radical (unpaired) electrons. The van der Waals surface area contributed by atoms with Crippen LogP contribution in [0.1, 0.15) is 43.0 Å². The summed E-state index contributed by atoms with van der Waals surface area (Å²) in [5.41, 5.74) is 0.454. The lowest BCUT2D eigenvalue weighted by Gasteiger charge is -2.29. The summed E-state index contributed by atoms with van der Waals surface area (Å²) < 4.78 is 22.3. The van der Waals surface area contributed by atoms with E-state index in [-0.39, 0.29) is 16.8 Å². The first-order valence-electron chi connectivity index (χ1n) is 6.81. The molecule has 0 bridgehead atoms. The maximum atomic E-state index is 12.1. The van der Waals surface area contributed by atoms with Gasteiger partial charge in [-0.1, -0.05) is 19.8 Å². The van der Waals surface area contributed by atoms with Crippen LogP contribution in [0.15, 0.2) is 29.2 Å². The molecule has 5 nitrogen and oxygen atoms in total. The summed E-state index contributed by atoms with van der Waals surface area (Å²) >= 11 is 0. The summed E-state index contributed by atoms with van der Waals surface area (Å²) in [7, 11) is -3.71. The standard InChI is InChI=1S/C14H20N2O3S/c1-10-4-2-3-5-13(10)16-14(17)11-6-8-12(9-7-11)20(15,18)19/h6-10,13H,2-5H2,1H3,(H,16,17)(H2,15,18,19)/t10-,13-/m0/s1. The van der Waals surface area contributed by atoms with Gasteiger partial charge in [0.25, 0.3) is 5.91 Å². The minimum Gasteiger partial charge on any atom is -0.349 e. The Labute approximate surface area is 119 Å². The number of hydrogen-bond acceptors (Lipinski definition) is 3. The van der Waals surface area contributed by atoms with Gasteiger partial charge in [0.2, 0.25) is 10.0 Å². The van der Waals surface area contributed by atoms with E-state index in [9.17, 15) is 13.2 Å². The number of rotatable bonds is 3. The summed E-state index contributed by atoms with van der Waals surface area (Å²) in [5.74, 6) is 0.320. The number of amides is 1. The van der Waals surface area contributed by atoms with Crippen LogP contribution < -0.4 is 10.5 Å². The minimum absolute atomic E-state index is 0.0140. The zero-order valence-electron chi connectivity index (χ0n) is 11.5. The minimum atomic E-state index is -3.71. The van der Waals surface area contributed by atoms with Gasteiger partial charge in [-0.05, 0) is 43.0 Å². The smallest absolute Gasteiger partial charge is 0.251 e. The van der Waals surface area contributed by atoms with Crippen molar-refractivity contribution in [1.29, 1.82) is 0 Å². The molecule has 0 unspecified atom stereocenters.